The van der Waals surface area contributed by atoms with E-state index in [1.54, 1.807) is 0 Å². The number of aromatic nitrogens is 2. The molecular formula is C29H31N4O4+. The highest BCUT2D eigenvalue weighted by molar-refractivity contribution is 5.79. The number of imidazole rings is 1. The van der Waals surface area contributed by atoms with Crippen molar-refractivity contribution in [2.75, 3.05) is 6.61 Å². The van der Waals surface area contributed by atoms with E-state index in [9.17, 15) is 9.59 Å². The van der Waals surface area contributed by atoms with Crippen LogP contribution in [0.25, 0.3) is 22.2 Å². The first kappa shape index (κ1) is 24.4. The van der Waals surface area contributed by atoms with Crippen molar-refractivity contribution >= 4 is 23.2 Å². The average Bonchev–Trinajstić information content (AvgIpc) is 3.40. The van der Waals surface area contributed by atoms with Crippen molar-refractivity contribution in [2.45, 2.75) is 45.9 Å². The second kappa shape index (κ2) is 10.3. The van der Waals surface area contributed by atoms with Crippen molar-refractivity contribution in [1.29, 1.82) is 0 Å². The molecule has 8 nitrogen and oxygen atoms in total. The summed E-state index contributed by atoms with van der Waals surface area (Å²) in [6.45, 7) is 6.31. The molecule has 0 saturated carbocycles. The summed E-state index contributed by atoms with van der Waals surface area (Å²) in [4.78, 5) is 23.7. The smallest absolute Gasteiger partial charge is 0.407 e. The van der Waals surface area contributed by atoms with E-state index in [4.69, 9.17) is 9.84 Å². The lowest BCUT2D eigenvalue weighted by atomic mass is 9.98. The third kappa shape index (κ3) is 4.62. The Bertz CT molecular complexity index is 1430. The molecule has 5 rings (SSSR count). The average molecular weight is 500 g/mol. The molecule has 1 aliphatic carbocycles. The van der Waals surface area contributed by atoms with Gasteiger partial charge in [-0.1, -0.05) is 54.6 Å². The molecule has 0 radical (unpaired) electrons. The number of rotatable bonds is 8. The number of benzene rings is 3. The molecule has 3 aromatic carbocycles. The minimum atomic E-state index is -1.05. The molecule has 37 heavy (non-hydrogen) atoms. The first-order valence-electron chi connectivity index (χ1n) is 12.6. The van der Waals surface area contributed by atoms with Gasteiger partial charge in [0.2, 0.25) is 0 Å². The van der Waals surface area contributed by atoms with E-state index in [0.29, 0.717) is 13.1 Å². The van der Waals surface area contributed by atoms with E-state index in [2.05, 4.69) is 44.0 Å². The van der Waals surface area contributed by atoms with Crippen LogP contribution >= 0.6 is 0 Å². The van der Waals surface area contributed by atoms with Crippen molar-refractivity contribution in [3.05, 3.63) is 89.2 Å². The molecule has 0 bridgehead atoms. The van der Waals surface area contributed by atoms with Crippen LogP contribution in [0.1, 0.15) is 42.3 Å². The van der Waals surface area contributed by atoms with Gasteiger partial charge in [-0.3, -0.25) is 0 Å². The second-order valence-electron chi connectivity index (χ2n) is 9.07. The van der Waals surface area contributed by atoms with Gasteiger partial charge in [0.25, 0.3) is 5.82 Å². The monoisotopic (exact) mass is 499 g/mol. The lowest BCUT2D eigenvalue weighted by molar-refractivity contribution is -0.676. The number of aryl methyl sites for hydroxylation is 2. The number of amides is 2. The predicted molar refractivity (Wildman–Crippen MR) is 140 cm³/mol. The van der Waals surface area contributed by atoms with Gasteiger partial charge in [0.05, 0.1) is 13.1 Å². The summed E-state index contributed by atoms with van der Waals surface area (Å²) in [7, 11) is 0. The Labute approximate surface area is 215 Å². The quantitative estimate of drug-likeness (QED) is 0.304. The van der Waals surface area contributed by atoms with Gasteiger partial charge in [-0.25, -0.2) is 18.7 Å². The van der Waals surface area contributed by atoms with E-state index >= 15 is 0 Å². The zero-order chi connectivity index (χ0) is 25.9. The summed E-state index contributed by atoms with van der Waals surface area (Å²) >= 11 is 0. The zero-order valence-electron chi connectivity index (χ0n) is 21.0. The molecule has 0 aliphatic heterocycles. The summed E-state index contributed by atoms with van der Waals surface area (Å²) in [5, 5.41) is 14.4. The largest absolute Gasteiger partial charge is 0.465 e. The molecule has 3 N–H and O–H groups in total. The Kier molecular flexibility index (Phi) is 6.81. The third-order valence-corrected chi connectivity index (χ3v) is 7.06. The number of alkyl carbamates (subject to hydrolysis) is 1. The van der Waals surface area contributed by atoms with E-state index < -0.39 is 12.2 Å². The van der Waals surface area contributed by atoms with Gasteiger partial charge in [0, 0.05) is 12.5 Å². The summed E-state index contributed by atoms with van der Waals surface area (Å²) in [5.74, 6) is 0.911. The van der Waals surface area contributed by atoms with Gasteiger partial charge in [-0.15, -0.1) is 0 Å². The Morgan fingerprint density at radius 2 is 1.62 bits per heavy atom. The number of carbonyl (C=O) groups excluding carboxylic acids is 1. The van der Waals surface area contributed by atoms with Gasteiger partial charge < -0.3 is 20.5 Å². The Balaban J connectivity index is 1.27. The highest BCUT2D eigenvalue weighted by Gasteiger charge is 2.29. The number of fused-ring (bicyclic) bond motifs is 4. The molecule has 0 unspecified atom stereocenters. The SMILES string of the molecule is CCn1c(CNC(=O)O)[n+](CC)c2ccc(CNC(=O)OCC3c4ccccc4-c4ccccc43)cc21. The predicted octanol–water partition coefficient (Wildman–Crippen LogP) is 4.77. The van der Waals surface area contributed by atoms with Crippen LogP contribution in [0.2, 0.25) is 0 Å². The molecule has 0 spiro atoms. The molecule has 0 atom stereocenters. The summed E-state index contributed by atoms with van der Waals surface area (Å²) in [5.41, 5.74) is 7.71. The van der Waals surface area contributed by atoms with Crippen molar-refractivity contribution in [3.63, 3.8) is 0 Å². The van der Waals surface area contributed by atoms with Crippen molar-refractivity contribution in [1.82, 2.24) is 15.2 Å². The summed E-state index contributed by atoms with van der Waals surface area (Å²) < 4.78 is 9.88. The van der Waals surface area contributed by atoms with Gasteiger partial charge >= 0.3 is 12.2 Å². The van der Waals surface area contributed by atoms with Crippen LogP contribution in [0.3, 0.4) is 0 Å². The Morgan fingerprint density at radius 1 is 0.946 bits per heavy atom. The fraction of sp³-hybridized carbons (Fsp3) is 0.276. The molecule has 1 aliphatic rings. The Hall–Kier alpha value is -4.33. The van der Waals surface area contributed by atoms with Crippen molar-refractivity contribution in [3.8, 4) is 11.1 Å². The fourth-order valence-corrected chi connectivity index (χ4v) is 5.42. The Morgan fingerprint density at radius 3 is 2.24 bits per heavy atom. The maximum Gasteiger partial charge on any atom is 0.407 e. The minimum absolute atomic E-state index is 0.0182. The number of ether oxygens (including phenoxy) is 1. The molecule has 1 aromatic heterocycles. The van der Waals surface area contributed by atoms with Crippen LogP contribution in [-0.4, -0.2) is 28.5 Å². The highest BCUT2D eigenvalue weighted by atomic mass is 16.5. The zero-order valence-corrected chi connectivity index (χ0v) is 21.0. The molecule has 8 heteroatoms. The fourth-order valence-electron chi connectivity index (χ4n) is 5.42. The number of nitrogens with zero attached hydrogens (tertiary/aromatic N) is 2. The summed E-state index contributed by atoms with van der Waals surface area (Å²) in [6, 6.07) is 22.6. The van der Waals surface area contributed by atoms with Gasteiger partial charge in [0.15, 0.2) is 11.0 Å². The van der Waals surface area contributed by atoms with E-state index in [0.717, 1.165) is 29.0 Å². The standard InChI is InChI=1S/C29H30N4O4/c1-3-32-25-14-13-19(15-26(25)33(4-2)27(32)17-30-28(34)35)16-31-29(36)37-18-24-22-11-7-5-9-20(22)21-10-6-8-12-23(21)24/h5-15,24,30H,3-4,16-18H2,1-2H3,(H-,31,34,35,36)/p+1. The van der Waals surface area contributed by atoms with Crippen LogP contribution in [-0.2, 0) is 30.9 Å². The molecule has 1 heterocycles. The van der Waals surface area contributed by atoms with Crippen molar-refractivity contribution < 1.29 is 24.0 Å². The molecule has 190 valence electrons. The van der Waals surface area contributed by atoms with Crippen LogP contribution in [0, 0.1) is 0 Å². The number of carbonyl (C=O) groups is 2. The first-order chi connectivity index (χ1) is 18.0. The normalized spacial score (nSPS) is 12.3. The van der Waals surface area contributed by atoms with Gasteiger partial charge in [-0.05, 0) is 53.8 Å². The molecule has 4 aromatic rings. The van der Waals surface area contributed by atoms with Crippen LogP contribution in [0.4, 0.5) is 9.59 Å². The van der Waals surface area contributed by atoms with Gasteiger partial charge in [-0.2, -0.15) is 0 Å². The number of nitrogens with one attached hydrogen (secondary N) is 2. The third-order valence-electron chi connectivity index (χ3n) is 7.06. The summed E-state index contributed by atoms with van der Waals surface area (Å²) in [6.07, 6.45) is -1.51. The number of hydrogen-bond donors (Lipinski definition) is 3. The maximum absolute atomic E-state index is 12.6. The van der Waals surface area contributed by atoms with Crippen LogP contribution in [0.15, 0.2) is 66.7 Å². The topological polar surface area (TPSA) is 96.5 Å². The van der Waals surface area contributed by atoms with Crippen LogP contribution in [0.5, 0.6) is 0 Å². The van der Waals surface area contributed by atoms with Crippen molar-refractivity contribution in [2.24, 2.45) is 0 Å². The second-order valence-corrected chi connectivity index (χ2v) is 9.07. The van der Waals surface area contributed by atoms with E-state index in [1.807, 2.05) is 56.3 Å². The number of carboxylic acid groups (broad SMARTS) is 1. The van der Waals surface area contributed by atoms with E-state index in [1.165, 1.54) is 22.3 Å². The lowest BCUT2D eigenvalue weighted by Crippen LogP contribution is -2.40. The van der Waals surface area contributed by atoms with Gasteiger partial charge in [0.1, 0.15) is 13.2 Å². The highest BCUT2D eigenvalue weighted by Crippen LogP contribution is 2.44. The number of hydrogen-bond acceptors (Lipinski definition) is 3. The van der Waals surface area contributed by atoms with E-state index in [-0.39, 0.29) is 19.1 Å². The molecular weight excluding hydrogens is 468 g/mol. The minimum Gasteiger partial charge on any atom is -0.465 e. The van der Waals surface area contributed by atoms with Crippen LogP contribution < -0.4 is 15.2 Å². The lowest BCUT2D eigenvalue weighted by Gasteiger charge is -2.14. The molecule has 0 fully saturated rings. The first-order valence-corrected chi connectivity index (χ1v) is 12.6. The molecule has 2 amide bonds. The molecule has 0 saturated heterocycles. The maximum atomic E-state index is 12.6.